The van der Waals surface area contributed by atoms with E-state index < -0.39 is 0 Å². The van der Waals surface area contributed by atoms with Crippen molar-refractivity contribution >= 4 is 29.9 Å². The van der Waals surface area contributed by atoms with Crippen molar-refractivity contribution in [3.63, 3.8) is 0 Å². The quantitative estimate of drug-likeness (QED) is 0.381. The molecule has 0 spiro atoms. The summed E-state index contributed by atoms with van der Waals surface area (Å²) >= 11 is 0. The number of ether oxygens (including phenoxy) is 1. The minimum atomic E-state index is -0.182. The van der Waals surface area contributed by atoms with Crippen molar-refractivity contribution in [1.82, 2.24) is 15.6 Å². The van der Waals surface area contributed by atoms with Gasteiger partial charge in [0.25, 0.3) is 0 Å². The van der Waals surface area contributed by atoms with Gasteiger partial charge in [-0.3, -0.25) is 4.99 Å². The number of aromatic nitrogens is 1. The third kappa shape index (κ3) is 6.85. The van der Waals surface area contributed by atoms with E-state index in [1.807, 2.05) is 25.1 Å². The number of halogens is 2. The largest absolute Gasteiger partial charge is 0.478 e. The molecule has 136 valence electrons. The summed E-state index contributed by atoms with van der Waals surface area (Å²) in [5, 5.41) is 6.39. The fourth-order valence-electron chi connectivity index (χ4n) is 2.24. The summed E-state index contributed by atoms with van der Waals surface area (Å²) in [6.45, 7) is 3.63. The van der Waals surface area contributed by atoms with Gasteiger partial charge in [0.2, 0.25) is 5.88 Å². The molecule has 5 nitrogen and oxygen atoms in total. The summed E-state index contributed by atoms with van der Waals surface area (Å²) in [4.78, 5) is 8.39. The first-order valence-corrected chi connectivity index (χ1v) is 7.99. The van der Waals surface area contributed by atoms with E-state index in [1.165, 1.54) is 6.07 Å². The lowest BCUT2D eigenvalue weighted by molar-refractivity contribution is 0.322. The van der Waals surface area contributed by atoms with Crippen LogP contribution in [-0.2, 0) is 13.0 Å². The normalized spacial score (nSPS) is 10.8. The van der Waals surface area contributed by atoms with Gasteiger partial charge >= 0.3 is 0 Å². The predicted octanol–water partition coefficient (Wildman–Crippen LogP) is 3.15. The van der Waals surface area contributed by atoms with Gasteiger partial charge in [0.05, 0.1) is 6.61 Å². The smallest absolute Gasteiger partial charge is 0.218 e. The lowest BCUT2D eigenvalue weighted by Gasteiger charge is -2.13. The molecule has 2 N–H and O–H groups in total. The summed E-state index contributed by atoms with van der Waals surface area (Å²) in [5.41, 5.74) is 1.64. The van der Waals surface area contributed by atoms with Crippen LogP contribution in [0.3, 0.4) is 0 Å². The highest BCUT2D eigenvalue weighted by Crippen LogP contribution is 2.13. The highest BCUT2D eigenvalue weighted by Gasteiger charge is 2.06. The summed E-state index contributed by atoms with van der Waals surface area (Å²) in [7, 11) is 1.70. The highest BCUT2D eigenvalue weighted by molar-refractivity contribution is 14.0. The minimum absolute atomic E-state index is 0. The maximum Gasteiger partial charge on any atom is 0.218 e. The summed E-state index contributed by atoms with van der Waals surface area (Å²) in [6.07, 6.45) is 2.29. The van der Waals surface area contributed by atoms with Crippen molar-refractivity contribution in [2.45, 2.75) is 19.9 Å². The number of hydrogen-bond donors (Lipinski definition) is 2. The molecule has 0 aliphatic heterocycles. The molecule has 2 rings (SSSR count). The van der Waals surface area contributed by atoms with Crippen LogP contribution >= 0.6 is 24.0 Å². The van der Waals surface area contributed by atoms with Crippen LogP contribution in [-0.4, -0.2) is 31.1 Å². The molecule has 2 aromatic rings. The Kier molecular flexibility index (Phi) is 9.83. The Morgan fingerprint density at radius 3 is 2.64 bits per heavy atom. The summed E-state index contributed by atoms with van der Waals surface area (Å²) in [5.74, 6) is 1.09. The van der Waals surface area contributed by atoms with E-state index in [0.717, 1.165) is 5.56 Å². The molecule has 7 heteroatoms. The Bertz CT molecular complexity index is 682. The second-order valence-electron chi connectivity index (χ2n) is 5.09. The van der Waals surface area contributed by atoms with Crippen LogP contribution in [0.1, 0.15) is 18.1 Å². The Labute approximate surface area is 165 Å². The van der Waals surface area contributed by atoms with Crippen molar-refractivity contribution in [2.24, 2.45) is 4.99 Å². The number of nitrogens with one attached hydrogen (secondary N) is 2. The second kappa shape index (κ2) is 11.6. The number of hydrogen-bond acceptors (Lipinski definition) is 3. The Balaban J connectivity index is 0.00000312. The average molecular weight is 458 g/mol. The van der Waals surface area contributed by atoms with Gasteiger partial charge < -0.3 is 15.4 Å². The van der Waals surface area contributed by atoms with Crippen molar-refractivity contribution in [1.29, 1.82) is 0 Å². The zero-order valence-corrected chi connectivity index (χ0v) is 16.8. The third-order valence-corrected chi connectivity index (χ3v) is 3.45. The van der Waals surface area contributed by atoms with Crippen molar-refractivity contribution < 1.29 is 9.13 Å². The number of benzene rings is 1. The molecule has 0 fully saturated rings. The van der Waals surface area contributed by atoms with E-state index >= 15 is 0 Å². The Morgan fingerprint density at radius 1 is 1.16 bits per heavy atom. The molecule has 0 atom stereocenters. The van der Waals surface area contributed by atoms with Crippen molar-refractivity contribution in [3.05, 3.63) is 59.5 Å². The molecule has 0 bridgehead atoms. The first kappa shape index (κ1) is 21.1. The minimum Gasteiger partial charge on any atom is -0.478 e. The van der Waals surface area contributed by atoms with Crippen LogP contribution in [0.2, 0.25) is 0 Å². The lowest BCUT2D eigenvalue weighted by atomic mass is 10.1. The second-order valence-corrected chi connectivity index (χ2v) is 5.09. The first-order valence-electron chi connectivity index (χ1n) is 7.99. The zero-order chi connectivity index (χ0) is 17.2. The van der Waals surface area contributed by atoms with Gasteiger partial charge in [-0.25, -0.2) is 9.37 Å². The molecule has 0 amide bonds. The van der Waals surface area contributed by atoms with E-state index in [2.05, 4.69) is 20.6 Å². The van der Waals surface area contributed by atoms with E-state index in [4.69, 9.17) is 4.74 Å². The number of nitrogens with zero attached hydrogens (tertiary/aromatic N) is 2. The first-order chi connectivity index (χ1) is 11.7. The standard InChI is InChI=1S/C18H23FN4O.HI/c1-3-24-17-15(8-6-11-21-17)13-23-18(20-2)22-12-10-14-7-4-5-9-16(14)19;/h4-9,11H,3,10,12-13H2,1-2H3,(H2,20,22,23);1H. The molecular formula is C18H24FIN4O. The molecule has 25 heavy (non-hydrogen) atoms. The Hall–Kier alpha value is -1.90. The van der Waals surface area contributed by atoms with E-state index in [1.54, 1.807) is 25.4 Å². The maximum absolute atomic E-state index is 13.6. The summed E-state index contributed by atoms with van der Waals surface area (Å²) < 4.78 is 19.1. The molecule has 1 aromatic carbocycles. The fraction of sp³-hybridized carbons (Fsp3) is 0.333. The molecule has 0 saturated heterocycles. The van der Waals surface area contributed by atoms with Crippen molar-refractivity contribution in [2.75, 3.05) is 20.2 Å². The van der Waals surface area contributed by atoms with Crippen LogP contribution in [0.25, 0.3) is 0 Å². The van der Waals surface area contributed by atoms with Gasteiger partial charge in [-0.2, -0.15) is 0 Å². The monoisotopic (exact) mass is 458 g/mol. The lowest BCUT2D eigenvalue weighted by Crippen LogP contribution is -2.38. The summed E-state index contributed by atoms with van der Waals surface area (Å²) in [6, 6.07) is 10.6. The van der Waals surface area contributed by atoms with Gasteiger partial charge in [0.1, 0.15) is 5.82 Å². The highest BCUT2D eigenvalue weighted by atomic mass is 127. The number of aliphatic imine (C=N–C) groups is 1. The van der Waals surface area contributed by atoms with Crippen LogP contribution in [0.15, 0.2) is 47.6 Å². The van der Waals surface area contributed by atoms with Gasteiger partial charge in [-0.15, -0.1) is 24.0 Å². The molecule has 1 aromatic heterocycles. The molecule has 0 unspecified atom stereocenters. The predicted molar refractivity (Wildman–Crippen MR) is 109 cm³/mol. The molecular weight excluding hydrogens is 434 g/mol. The van der Waals surface area contributed by atoms with Gasteiger partial charge in [0, 0.05) is 31.9 Å². The maximum atomic E-state index is 13.6. The topological polar surface area (TPSA) is 58.5 Å². The van der Waals surface area contributed by atoms with E-state index in [0.29, 0.717) is 43.5 Å². The van der Waals surface area contributed by atoms with E-state index in [9.17, 15) is 4.39 Å². The van der Waals surface area contributed by atoms with Gasteiger partial charge in [-0.05, 0) is 31.0 Å². The fourth-order valence-corrected chi connectivity index (χ4v) is 2.24. The number of rotatable bonds is 7. The zero-order valence-electron chi connectivity index (χ0n) is 14.5. The van der Waals surface area contributed by atoms with E-state index in [-0.39, 0.29) is 29.8 Å². The molecule has 0 aliphatic rings. The van der Waals surface area contributed by atoms with Crippen LogP contribution in [0, 0.1) is 5.82 Å². The van der Waals surface area contributed by atoms with Gasteiger partial charge in [-0.1, -0.05) is 24.3 Å². The number of guanidine groups is 1. The Morgan fingerprint density at radius 2 is 1.92 bits per heavy atom. The third-order valence-electron chi connectivity index (χ3n) is 3.45. The molecule has 0 aliphatic carbocycles. The number of pyridine rings is 1. The molecule has 0 saturated carbocycles. The van der Waals surface area contributed by atoms with Crippen molar-refractivity contribution in [3.8, 4) is 5.88 Å². The van der Waals surface area contributed by atoms with Crippen LogP contribution < -0.4 is 15.4 Å². The van der Waals surface area contributed by atoms with Crippen LogP contribution in [0.4, 0.5) is 4.39 Å². The van der Waals surface area contributed by atoms with Gasteiger partial charge in [0.15, 0.2) is 5.96 Å². The molecule has 0 radical (unpaired) electrons. The van der Waals surface area contributed by atoms with Crippen LogP contribution in [0.5, 0.6) is 5.88 Å². The SMILES string of the molecule is CCOc1ncccc1CNC(=NC)NCCc1ccccc1F.I. The molecule has 1 heterocycles. The average Bonchev–Trinajstić information content (AvgIpc) is 2.61.